The predicted molar refractivity (Wildman–Crippen MR) is 87.5 cm³/mol. The summed E-state index contributed by atoms with van der Waals surface area (Å²) < 4.78 is 5.13. The van der Waals surface area contributed by atoms with Crippen LogP contribution in [-0.4, -0.2) is 5.16 Å². The molecule has 0 aliphatic rings. The van der Waals surface area contributed by atoms with Crippen LogP contribution in [0.1, 0.15) is 34.2 Å². The average Bonchev–Trinajstić information content (AvgIpc) is 2.96. The van der Waals surface area contributed by atoms with E-state index in [1.54, 1.807) is 0 Å². The molecule has 2 aromatic carbocycles. The van der Waals surface area contributed by atoms with Crippen molar-refractivity contribution in [1.82, 2.24) is 10.5 Å². The van der Waals surface area contributed by atoms with E-state index in [4.69, 9.17) is 4.52 Å². The summed E-state index contributed by atoms with van der Waals surface area (Å²) in [6.45, 7) is 4.68. The van der Waals surface area contributed by atoms with Crippen LogP contribution in [0.15, 0.2) is 65.2 Å². The Morgan fingerprint density at radius 3 is 2.27 bits per heavy atom. The lowest BCUT2D eigenvalue weighted by atomic mass is 9.98. The zero-order valence-electron chi connectivity index (χ0n) is 12.9. The van der Waals surface area contributed by atoms with E-state index in [0.717, 1.165) is 11.5 Å². The Hall–Kier alpha value is -2.39. The number of nitrogens with zero attached hydrogens (tertiary/aromatic N) is 1. The summed E-state index contributed by atoms with van der Waals surface area (Å²) in [7, 11) is 0. The number of nitrogens with one attached hydrogen (secondary N) is 1. The first-order chi connectivity index (χ1) is 10.7. The van der Waals surface area contributed by atoms with Crippen molar-refractivity contribution in [2.75, 3.05) is 0 Å². The van der Waals surface area contributed by atoms with Crippen molar-refractivity contribution in [1.29, 1.82) is 0 Å². The maximum Gasteiger partial charge on any atom is 0.133 e. The minimum Gasteiger partial charge on any atom is -0.361 e. The second kappa shape index (κ2) is 6.58. The lowest BCUT2D eigenvalue weighted by molar-refractivity contribution is 0.387. The number of hydrogen-bond donors (Lipinski definition) is 1. The molecular formula is C19H20N2O. The van der Waals surface area contributed by atoms with Gasteiger partial charge >= 0.3 is 0 Å². The molecule has 1 N–H and O–H groups in total. The SMILES string of the molecule is Cc1ccc(C(NCc2cc(C)on2)c2ccccc2)cc1. The van der Waals surface area contributed by atoms with Gasteiger partial charge in [-0.25, -0.2) is 0 Å². The maximum atomic E-state index is 5.13. The first-order valence-corrected chi connectivity index (χ1v) is 7.49. The molecule has 1 heterocycles. The molecule has 0 aliphatic carbocycles. The molecule has 3 nitrogen and oxygen atoms in total. The van der Waals surface area contributed by atoms with Crippen molar-refractivity contribution in [3.8, 4) is 0 Å². The molecule has 1 atom stereocenters. The molecule has 0 saturated carbocycles. The van der Waals surface area contributed by atoms with Gasteiger partial charge in [0.05, 0.1) is 11.7 Å². The Kier molecular flexibility index (Phi) is 4.35. The van der Waals surface area contributed by atoms with Crippen LogP contribution < -0.4 is 5.32 Å². The van der Waals surface area contributed by atoms with Crippen LogP contribution in [0.2, 0.25) is 0 Å². The van der Waals surface area contributed by atoms with Crippen LogP contribution in [-0.2, 0) is 6.54 Å². The molecule has 0 spiro atoms. The van der Waals surface area contributed by atoms with Gasteiger partial charge in [0.2, 0.25) is 0 Å². The third kappa shape index (κ3) is 3.43. The van der Waals surface area contributed by atoms with E-state index in [-0.39, 0.29) is 6.04 Å². The van der Waals surface area contributed by atoms with Gasteiger partial charge in [-0.2, -0.15) is 0 Å². The summed E-state index contributed by atoms with van der Waals surface area (Å²) in [6, 6.07) is 21.2. The predicted octanol–water partition coefficient (Wildman–Crippen LogP) is 4.17. The van der Waals surface area contributed by atoms with Crippen molar-refractivity contribution < 1.29 is 4.52 Å². The van der Waals surface area contributed by atoms with E-state index in [2.05, 4.69) is 65.9 Å². The highest BCUT2D eigenvalue weighted by Gasteiger charge is 2.14. The summed E-state index contributed by atoms with van der Waals surface area (Å²) in [6.07, 6.45) is 0. The standard InChI is InChI=1S/C19H20N2O/c1-14-8-10-17(11-9-14)19(16-6-4-3-5-7-16)20-13-18-12-15(2)22-21-18/h3-12,19-20H,13H2,1-2H3. The highest BCUT2D eigenvalue weighted by atomic mass is 16.5. The number of rotatable bonds is 5. The van der Waals surface area contributed by atoms with E-state index in [1.165, 1.54) is 16.7 Å². The second-order valence-electron chi connectivity index (χ2n) is 5.56. The van der Waals surface area contributed by atoms with Crippen LogP contribution in [0.3, 0.4) is 0 Å². The largest absolute Gasteiger partial charge is 0.361 e. The molecular weight excluding hydrogens is 272 g/mol. The minimum atomic E-state index is 0.138. The highest BCUT2D eigenvalue weighted by molar-refractivity contribution is 5.33. The van der Waals surface area contributed by atoms with Crippen molar-refractivity contribution in [2.45, 2.75) is 26.4 Å². The monoisotopic (exact) mass is 292 g/mol. The number of benzene rings is 2. The van der Waals surface area contributed by atoms with E-state index < -0.39 is 0 Å². The molecule has 3 aromatic rings. The smallest absolute Gasteiger partial charge is 0.133 e. The average molecular weight is 292 g/mol. The number of aryl methyl sites for hydroxylation is 2. The summed E-state index contributed by atoms with van der Waals surface area (Å²) in [5, 5.41) is 7.63. The Balaban J connectivity index is 1.84. The van der Waals surface area contributed by atoms with Gasteiger partial charge in [0, 0.05) is 12.6 Å². The van der Waals surface area contributed by atoms with Crippen LogP contribution in [0.25, 0.3) is 0 Å². The van der Waals surface area contributed by atoms with Gasteiger partial charge in [0.1, 0.15) is 5.76 Å². The van der Waals surface area contributed by atoms with Gasteiger partial charge < -0.3 is 9.84 Å². The molecule has 112 valence electrons. The van der Waals surface area contributed by atoms with Crippen LogP contribution in [0.4, 0.5) is 0 Å². The van der Waals surface area contributed by atoms with Crippen molar-refractivity contribution in [3.05, 3.63) is 88.8 Å². The highest BCUT2D eigenvalue weighted by Crippen LogP contribution is 2.22. The molecule has 1 unspecified atom stereocenters. The van der Waals surface area contributed by atoms with Crippen molar-refractivity contribution in [3.63, 3.8) is 0 Å². The summed E-state index contributed by atoms with van der Waals surface area (Å²) >= 11 is 0. The fourth-order valence-corrected chi connectivity index (χ4v) is 2.54. The zero-order valence-corrected chi connectivity index (χ0v) is 12.9. The molecule has 3 rings (SSSR count). The molecule has 22 heavy (non-hydrogen) atoms. The second-order valence-corrected chi connectivity index (χ2v) is 5.56. The van der Waals surface area contributed by atoms with Crippen LogP contribution in [0.5, 0.6) is 0 Å². The Morgan fingerprint density at radius 1 is 0.955 bits per heavy atom. The van der Waals surface area contributed by atoms with Gasteiger partial charge in [-0.05, 0) is 25.0 Å². The molecule has 3 heteroatoms. The first-order valence-electron chi connectivity index (χ1n) is 7.49. The van der Waals surface area contributed by atoms with Crippen molar-refractivity contribution >= 4 is 0 Å². The summed E-state index contributed by atoms with van der Waals surface area (Å²) in [5.41, 5.74) is 4.68. The van der Waals surface area contributed by atoms with E-state index >= 15 is 0 Å². The minimum absolute atomic E-state index is 0.138. The fourth-order valence-electron chi connectivity index (χ4n) is 2.54. The topological polar surface area (TPSA) is 38.1 Å². The third-order valence-electron chi connectivity index (χ3n) is 3.71. The maximum absolute atomic E-state index is 5.13. The molecule has 0 bridgehead atoms. The quantitative estimate of drug-likeness (QED) is 0.767. The number of hydrogen-bond acceptors (Lipinski definition) is 3. The Labute approximate surface area is 131 Å². The van der Waals surface area contributed by atoms with E-state index in [9.17, 15) is 0 Å². The summed E-state index contributed by atoms with van der Waals surface area (Å²) in [5.74, 6) is 0.836. The molecule has 0 radical (unpaired) electrons. The van der Waals surface area contributed by atoms with E-state index in [1.807, 2.05) is 19.1 Å². The van der Waals surface area contributed by atoms with Crippen LogP contribution >= 0.6 is 0 Å². The fraction of sp³-hybridized carbons (Fsp3) is 0.211. The molecule has 0 aliphatic heterocycles. The van der Waals surface area contributed by atoms with Gasteiger partial charge in [0.15, 0.2) is 0 Å². The third-order valence-corrected chi connectivity index (χ3v) is 3.71. The van der Waals surface area contributed by atoms with Gasteiger partial charge in [-0.15, -0.1) is 0 Å². The van der Waals surface area contributed by atoms with E-state index in [0.29, 0.717) is 6.54 Å². The molecule has 0 amide bonds. The van der Waals surface area contributed by atoms with Gasteiger partial charge in [-0.3, -0.25) is 0 Å². The molecule has 0 saturated heterocycles. The zero-order chi connectivity index (χ0) is 15.4. The van der Waals surface area contributed by atoms with Crippen LogP contribution in [0, 0.1) is 13.8 Å². The Morgan fingerprint density at radius 2 is 1.64 bits per heavy atom. The lowest BCUT2D eigenvalue weighted by Gasteiger charge is -2.19. The normalized spacial score (nSPS) is 12.3. The van der Waals surface area contributed by atoms with Gasteiger partial charge in [0.25, 0.3) is 0 Å². The van der Waals surface area contributed by atoms with Gasteiger partial charge in [-0.1, -0.05) is 65.3 Å². The number of aromatic nitrogens is 1. The first kappa shape index (κ1) is 14.5. The molecule has 1 aromatic heterocycles. The lowest BCUT2D eigenvalue weighted by Crippen LogP contribution is -2.22. The van der Waals surface area contributed by atoms with Crippen molar-refractivity contribution in [2.24, 2.45) is 0 Å². The summed E-state index contributed by atoms with van der Waals surface area (Å²) in [4.78, 5) is 0. The molecule has 0 fully saturated rings. The Bertz CT molecular complexity index is 717.